The molecule has 4 fully saturated rings. The van der Waals surface area contributed by atoms with Crippen molar-refractivity contribution in [1.82, 2.24) is 40.0 Å². The highest BCUT2D eigenvalue weighted by molar-refractivity contribution is 6.32. The van der Waals surface area contributed by atoms with Crippen molar-refractivity contribution in [2.45, 2.75) is 104 Å². The summed E-state index contributed by atoms with van der Waals surface area (Å²) in [5.74, 6) is 3.58. The van der Waals surface area contributed by atoms with Crippen LogP contribution in [0.2, 0.25) is 5.02 Å². The number of carbonyl (C=O) groups excluding carboxylic acids is 1. The van der Waals surface area contributed by atoms with Gasteiger partial charge >= 0.3 is 0 Å². The van der Waals surface area contributed by atoms with Gasteiger partial charge in [-0.15, -0.1) is 10.2 Å². The number of nitrogens with zero attached hydrogens (tertiary/aromatic N) is 11. The first-order chi connectivity index (χ1) is 32.6. The number of anilines is 4. The molecule has 5 aliphatic heterocycles. The Hall–Kier alpha value is -5.65. The van der Waals surface area contributed by atoms with Gasteiger partial charge in [-0.3, -0.25) is 19.5 Å². The average molecular weight is 926 g/mol. The maximum atomic E-state index is 11.9. The normalized spacial score (nSPS) is 20.6. The molecule has 14 nitrogen and oxygen atoms in total. The van der Waals surface area contributed by atoms with Gasteiger partial charge in [0.2, 0.25) is 11.8 Å². The number of benzene rings is 2. The van der Waals surface area contributed by atoms with Crippen LogP contribution < -0.4 is 19.4 Å². The number of ether oxygens (including phenoxy) is 1. The number of hydrogen-bond acceptors (Lipinski definition) is 11. The average Bonchev–Trinajstić information content (AvgIpc) is 4.17. The Labute approximate surface area is 400 Å². The fourth-order valence-electron chi connectivity index (χ4n) is 11.7. The molecule has 1 aliphatic carbocycles. The maximum Gasteiger partial charge on any atom is 0.233 e. The number of aromatic nitrogens is 6. The molecule has 5 aromatic rings. The van der Waals surface area contributed by atoms with Gasteiger partial charge in [-0.25, -0.2) is 0 Å². The van der Waals surface area contributed by atoms with Gasteiger partial charge in [0, 0.05) is 120 Å². The summed E-state index contributed by atoms with van der Waals surface area (Å²) in [5.41, 5.74) is 10.5. The number of halogens is 1. The molecule has 352 valence electrons. The Kier molecular flexibility index (Phi) is 13.2. The quantitative estimate of drug-likeness (QED) is 0.160. The first kappa shape index (κ1) is 45.1. The van der Waals surface area contributed by atoms with Crippen molar-refractivity contribution in [3.8, 4) is 23.1 Å². The summed E-state index contributed by atoms with van der Waals surface area (Å²) in [7, 11) is 1.95. The number of nitriles is 1. The molecule has 6 aliphatic rings. The molecule has 1 atom stereocenters. The molecular weight excluding hydrogens is 860 g/mol. The van der Waals surface area contributed by atoms with Gasteiger partial charge in [0.1, 0.15) is 12.2 Å². The van der Waals surface area contributed by atoms with E-state index in [4.69, 9.17) is 21.6 Å². The summed E-state index contributed by atoms with van der Waals surface area (Å²) >= 11 is 6.29. The van der Waals surface area contributed by atoms with Gasteiger partial charge in [0.15, 0.2) is 11.6 Å². The summed E-state index contributed by atoms with van der Waals surface area (Å²) in [6.07, 6.45) is 18.8. The minimum Gasteiger partial charge on any atom is -0.472 e. The van der Waals surface area contributed by atoms with Crippen LogP contribution in [0.15, 0.2) is 54.9 Å². The van der Waals surface area contributed by atoms with E-state index < -0.39 is 0 Å². The number of aromatic amines is 1. The van der Waals surface area contributed by atoms with Gasteiger partial charge in [-0.1, -0.05) is 30.9 Å². The highest BCUT2D eigenvalue weighted by Gasteiger charge is 2.41. The number of H-pyrrole nitrogens is 1. The zero-order chi connectivity index (χ0) is 46.1. The number of piperidine rings is 1. The predicted octanol–water partition coefficient (Wildman–Crippen LogP) is 8.64. The van der Waals surface area contributed by atoms with E-state index >= 15 is 0 Å². The number of rotatable bonds is 8. The summed E-state index contributed by atoms with van der Waals surface area (Å²) in [5, 5.41) is 30.9. The molecule has 15 heteroatoms. The number of hydrogen-bond donors (Lipinski definition) is 1. The van der Waals surface area contributed by atoms with E-state index in [1.807, 2.05) is 47.1 Å². The lowest BCUT2D eigenvalue weighted by molar-refractivity contribution is -0.129. The molecule has 3 saturated heterocycles. The van der Waals surface area contributed by atoms with Gasteiger partial charge in [-0.2, -0.15) is 15.5 Å². The Morgan fingerprint density at radius 1 is 0.940 bits per heavy atom. The number of fused-ring (bicyclic) bond motifs is 2. The fourth-order valence-corrected chi connectivity index (χ4v) is 11.9. The Balaban J connectivity index is 0.000000162. The molecule has 11 rings (SSSR count). The van der Waals surface area contributed by atoms with E-state index in [2.05, 4.69) is 82.5 Å². The second-order valence-corrected chi connectivity index (χ2v) is 20.5. The number of carbonyl (C=O) groups is 1. The lowest BCUT2D eigenvalue weighted by Gasteiger charge is -2.39. The van der Waals surface area contributed by atoms with Crippen LogP contribution in [0.3, 0.4) is 0 Å². The van der Waals surface area contributed by atoms with Crippen LogP contribution in [0.5, 0.6) is 5.88 Å². The first-order valence-electron chi connectivity index (χ1n) is 24.7. The molecule has 1 unspecified atom stereocenters. The predicted molar refractivity (Wildman–Crippen MR) is 263 cm³/mol. The van der Waals surface area contributed by atoms with Crippen molar-refractivity contribution in [3.63, 3.8) is 0 Å². The minimum absolute atomic E-state index is 0.124. The Morgan fingerprint density at radius 2 is 1.76 bits per heavy atom. The molecule has 8 heterocycles. The molecule has 1 spiro atoms. The van der Waals surface area contributed by atoms with E-state index in [9.17, 15) is 4.79 Å². The van der Waals surface area contributed by atoms with Crippen LogP contribution in [0.25, 0.3) is 11.1 Å². The molecule has 1 N–H and O–H groups in total. The second kappa shape index (κ2) is 19.5. The summed E-state index contributed by atoms with van der Waals surface area (Å²) in [6, 6.07) is 16.6. The van der Waals surface area contributed by atoms with Gasteiger partial charge < -0.3 is 24.3 Å². The zero-order valence-electron chi connectivity index (χ0n) is 39.5. The van der Waals surface area contributed by atoms with E-state index in [1.165, 1.54) is 67.4 Å². The number of aryl methyl sites for hydroxylation is 3. The smallest absolute Gasteiger partial charge is 0.233 e. The Bertz CT molecular complexity index is 2590. The number of likely N-dealkylation sites (tertiary alicyclic amines) is 1. The minimum atomic E-state index is 0.124. The molecular formula is C52H65ClN12O2. The van der Waals surface area contributed by atoms with E-state index in [0.29, 0.717) is 28.4 Å². The lowest BCUT2D eigenvalue weighted by atomic mass is 9.78. The highest BCUT2D eigenvalue weighted by Crippen LogP contribution is 2.44. The van der Waals surface area contributed by atoms with Crippen LogP contribution in [-0.2, 0) is 31.2 Å². The van der Waals surface area contributed by atoms with Gasteiger partial charge in [0.25, 0.3) is 0 Å². The van der Waals surface area contributed by atoms with Crippen LogP contribution in [0.1, 0.15) is 99.1 Å². The Morgan fingerprint density at radius 3 is 2.49 bits per heavy atom. The highest BCUT2D eigenvalue weighted by atomic mass is 35.5. The van der Waals surface area contributed by atoms with Crippen molar-refractivity contribution in [1.29, 1.82) is 5.26 Å². The topological polar surface area (TPSA) is 139 Å². The number of amides is 1. The summed E-state index contributed by atoms with van der Waals surface area (Å²) in [6.45, 7) is 13.6. The SMILES string of the molecule is CC(=O)N1CCc2[nH]nc(N3CCCc4cc(-c5cnn(C)c5)c(C)cc43)c2C1.N#Cc1ccc(N2CCC3(CCN(c4ccc(OC5CCN(CC6CCCCC6)C5)nn4)CC3)C2)cc1Cl. The maximum absolute atomic E-state index is 11.9. The van der Waals surface area contributed by atoms with Crippen LogP contribution in [0, 0.1) is 29.6 Å². The zero-order valence-corrected chi connectivity index (χ0v) is 40.3. The van der Waals surface area contributed by atoms with Crippen LogP contribution in [-0.4, -0.2) is 111 Å². The standard InChI is InChI=1S/C30H39ClN6O.C22H26N6O/c31-27-18-25(7-6-24(27)19-32)37-17-13-30(22-37)11-15-36(16-12-30)28-8-9-29(34-33-28)38-26-10-14-35(21-26)20-23-4-2-1-3-5-23;1-14-9-21-16(10-18(14)17-11-23-26(3)12-17)5-4-7-28(21)22-19-13-27(15(2)29)8-6-20(19)24-25-22/h6-9,18,23,26H,1-5,10-17,20-22H2;9-12H,4-8,13H2,1-3H3,(H,24,25). The van der Waals surface area contributed by atoms with Crippen LogP contribution >= 0.6 is 11.6 Å². The van der Waals surface area contributed by atoms with Gasteiger partial charge in [-0.05, 0) is 123 Å². The molecule has 3 aromatic heterocycles. The largest absolute Gasteiger partial charge is 0.472 e. The fraction of sp³-hybridized carbons (Fsp3) is 0.538. The van der Waals surface area contributed by atoms with Crippen LogP contribution in [0.4, 0.5) is 23.0 Å². The van der Waals surface area contributed by atoms with Crippen molar-refractivity contribution in [2.75, 3.05) is 73.6 Å². The van der Waals surface area contributed by atoms with E-state index in [-0.39, 0.29) is 12.0 Å². The molecule has 2 aromatic carbocycles. The third-order valence-electron chi connectivity index (χ3n) is 15.6. The summed E-state index contributed by atoms with van der Waals surface area (Å²) < 4.78 is 8.07. The number of nitrogens with one attached hydrogen (secondary N) is 1. The third kappa shape index (κ3) is 9.86. The molecule has 0 radical (unpaired) electrons. The molecule has 1 amide bonds. The van der Waals surface area contributed by atoms with E-state index in [1.54, 1.807) is 6.92 Å². The van der Waals surface area contributed by atoms with Gasteiger partial charge in [0.05, 0.1) is 23.3 Å². The molecule has 67 heavy (non-hydrogen) atoms. The van der Waals surface area contributed by atoms with E-state index in [0.717, 1.165) is 131 Å². The van der Waals surface area contributed by atoms with Crippen molar-refractivity contribution in [2.24, 2.45) is 18.4 Å². The summed E-state index contributed by atoms with van der Waals surface area (Å²) in [4.78, 5) is 23.5. The van der Waals surface area contributed by atoms with Crippen molar-refractivity contribution >= 4 is 40.5 Å². The third-order valence-corrected chi connectivity index (χ3v) is 15.9. The second-order valence-electron chi connectivity index (χ2n) is 20.1. The first-order valence-corrected chi connectivity index (χ1v) is 25.1. The molecule has 0 bridgehead atoms. The molecule has 1 saturated carbocycles. The lowest BCUT2D eigenvalue weighted by Crippen LogP contribution is -2.42. The van der Waals surface area contributed by atoms with Crippen molar-refractivity contribution < 1.29 is 9.53 Å². The monoisotopic (exact) mass is 925 g/mol. The van der Waals surface area contributed by atoms with Crippen molar-refractivity contribution in [3.05, 3.63) is 87.8 Å².